The lowest BCUT2D eigenvalue weighted by atomic mass is 10.2. The molecule has 0 unspecified atom stereocenters. The van der Waals surface area contributed by atoms with Crippen LogP contribution >= 0.6 is 27.3 Å². The van der Waals surface area contributed by atoms with Crippen molar-refractivity contribution < 1.29 is 9.53 Å². The molecule has 0 atom stereocenters. The molecule has 9 heteroatoms. The predicted octanol–water partition coefficient (Wildman–Crippen LogP) is 2.48. The molecule has 0 saturated carbocycles. The van der Waals surface area contributed by atoms with E-state index in [0.29, 0.717) is 20.9 Å². The number of amides is 1. The fraction of sp³-hybridized carbons (Fsp3) is 0.0526. The highest BCUT2D eigenvalue weighted by Crippen LogP contribution is 2.16. The summed E-state index contributed by atoms with van der Waals surface area (Å²) in [6.07, 6.45) is 3.13. The molecule has 2 aromatic carbocycles. The minimum Gasteiger partial charge on any atom is -0.484 e. The molecule has 7 nitrogen and oxygen atoms in total. The van der Waals surface area contributed by atoms with Gasteiger partial charge in [-0.05, 0) is 42.0 Å². The quantitative estimate of drug-likeness (QED) is 0.498. The summed E-state index contributed by atoms with van der Waals surface area (Å²) < 4.78 is 8.23. The summed E-state index contributed by atoms with van der Waals surface area (Å²) in [6.45, 7) is -0.103. The summed E-state index contributed by atoms with van der Waals surface area (Å²) in [4.78, 5) is 28.8. The van der Waals surface area contributed by atoms with Crippen molar-refractivity contribution in [3.8, 4) is 5.75 Å². The van der Waals surface area contributed by atoms with Crippen LogP contribution in [0.15, 0.2) is 64.1 Å². The molecule has 0 bridgehead atoms. The minimum atomic E-state index is -0.251. The van der Waals surface area contributed by atoms with Crippen molar-refractivity contribution in [2.24, 2.45) is 0 Å². The Morgan fingerprint density at radius 3 is 2.82 bits per heavy atom. The van der Waals surface area contributed by atoms with E-state index < -0.39 is 0 Å². The molecule has 0 aliphatic heterocycles. The molecule has 0 aliphatic carbocycles. The van der Waals surface area contributed by atoms with Gasteiger partial charge in [-0.25, -0.2) is 4.98 Å². The van der Waals surface area contributed by atoms with Gasteiger partial charge in [-0.1, -0.05) is 45.5 Å². The molecular weight excluding hydrogens is 444 g/mol. The molecule has 2 heterocycles. The highest BCUT2D eigenvalue weighted by molar-refractivity contribution is 9.10. The number of benzene rings is 2. The van der Waals surface area contributed by atoms with Gasteiger partial charge < -0.3 is 10.1 Å². The molecule has 1 amide bonds. The summed E-state index contributed by atoms with van der Waals surface area (Å²) >= 11 is 4.64. The maximum atomic E-state index is 12.2. The SMILES string of the molecule is O=C(COc1ccc(/C=c2\sc3ncnn3c2=O)cc1)Nc1cccc(Br)c1. The second kappa shape index (κ2) is 7.91. The highest BCUT2D eigenvalue weighted by atomic mass is 79.9. The molecule has 2 aromatic heterocycles. The average Bonchev–Trinajstić information content (AvgIpc) is 3.25. The highest BCUT2D eigenvalue weighted by Gasteiger charge is 2.06. The number of aromatic nitrogens is 3. The molecule has 4 rings (SSSR count). The lowest BCUT2D eigenvalue weighted by Crippen LogP contribution is -2.23. The number of carbonyl (C=O) groups is 1. The molecule has 0 aliphatic rings. The van der Waals surface area contributed by atoms with Crippen LogP contribution in [0.1, 0.15) is 5.56 Å². The van der Waals surface area contributed by atoms with E-state index in [9.17, 15) is 9.59 Å². The standard InChI is InChI=1S/C19H13BrN4O3S/c20-13-2-1-3-14(9-13)23-17(25)10-27-15-6-4-12(5-7-15)8-16-18(26)24-19(28-16)21-11-22-24/h1-9,11H,10H2,(H,23,25)/b16-8-. The van der Waals surface area contributed by atoms with E-state index in [4.69, 9.17) is 4.74 Å². The van der Waals surface area contributed by atoms with Crippen molar-refractivity contribution in [1.82, 2.24) is 14.6 Å². The van der Waals surface area contributed by atoms with Gasteiger partial charge >= 0.3 is 0 Å². The fourth-order valence-electron chi connectivity index (χ4n) is 2.50. The Hall–Kier alpha value is -3.04. The first-order valence-electron chi connectivity index (χ1n) is 8.21. The van der Waals surface area contributed by atoms with Crippen LogP contribution in [0.2, 0.25) is 0 Å². The van der Waals surface area contributed by atoms with E-state index in [1.807, 2.05) is 30.3 Å². The van der Waals surface area contributed by atoms with Crippen LogP contribution in [0.4, 0.5) is 5.69 Å². The number of hydrogen-bond acceptors (Lipinski definition) is 6. The number of ether oxygens (including phenoxy) is 1. The molecule has 0 fully saturated rings. The molecule has 0 saturated heterocycles. The maximum absolute atomic E-state index is 12.2. The van der Waals surface area contributed by atoms with Crippen LogP contribution in [-0.2, 0) is 4.79 Å². The Kier molecular flexibility index (Phi) is 5.18. The van der Waals surface area contributed by atoms with Crippen molar-refractivity contribution in [1.29, 1.82) is 0 Å². The zero-order chi connectivity index (χ0) is 19.5. The minimum absolute atomic E-state index is 0.103. The molecule has 0 spiro atoms. The van der Waals surface area contributed by atoms with E-state index in [1.54, 1.807) is 24.3 Å². The maximum Gasteiger partial charge on any atom is 0.291 e. The van der Waals surface area contributed by atoms with E-state index in [-0.39, 0.29) is 18.1 Å². The number of rotatable bonds is 5. The fourth-order valence-corrected chi connectivity index (χ4v) is 3.78. The van der Waals surface area contributed by atoms with Crippen LogP contribution in [0, 0.1) is 0 Å². The molecule has 28 heavy (non-hydrogen) atoms. The number of anilines is 1. The topological polar surface area (TPSA) is 85.6 Å². The molecule has 0 radical (unpaired) electrons. The van der Waals surface area contributed by atoms with Crippen LogP contribution in [0.5, 0.6) is 5.75 Å². The number of hydrogen-bond donors (Lipinski definition) is 1. The van der Waals surface area contributed by atoms with Crippen LogP contribution in [0.25, 0.3) is 11.0 Å². The first-order valence-corrected chi connectivity index (χ1v) is 9.82. The van der Waals surface area contributed by atoms with Crippen molar-refractivity contribution in [2.75, 3.05) is 11.9 Å². The third-order valence-electron chi connectivity index (χ3n) is 3.78. The Bertz CT molecular complexity index is 1250. The van der Waals surface area contributed by atoms with Gasteiger partial charge in [-0.3, -0.25) is 9.59 Å². The van der Waals surface area contributed by atoms with Gasteiger partial charge in [-0.2, -0.15) is 9.61 Å². The predicted molar refractivity (Wildman–Crippen MR) is 111 cm³/mol. The normalized spacial score (nSPS) is 11.7. The van der Waals surface area contributed by atoms with Crippen molar-refractivity contribution in [3.63, 3.8) is 0 Å². The van der Waals surface area contributed by atoms with Gasteiger partial charge in [0.2, 0.25) is 4.96 Å². The zero-order valence-corrected chi connectivity index (χ0v) is 16.7. The van der Waals surface area contributed by atoms with Crippen LogP contribution in [0.3, 0.4) is 0 Å². The Labute approximate surface area is 171 Å². The molecular formula is C19H13BrN4O3S. The third-order valence-corrected chi connectivity index (χ3v) is 5.24. The summed E-state index contributed by atoms with van der Waals surface area (Å²) in [7, 11) is 0. The average molecular weight is 457 g/mol. The third kappa shape index (κ3) is 4.10. The monoisotopic (exact) mass is 456 g/mol. The van der Waals surface area contributed by atoms with E-state index in [1.165, 1.54) is 22.2 Å². The van der Waals surface area contributed by atoms with Crippen LogP contribution < -0.4 is 20.1 Å². The largest absolute Gasteiger partial charge is 0.484 e. The Morgan fingerprint density at radius 1 is 1.25 bits per heavy atom. The lowest BCUT2D eigenvalue weighted by molar-refractivity contribution is -0.118. The first-order chi connectivity index (χ1) is 13.6. The van der Waals surface area contributed by atoms with Crippen molar-refractivity contribution in [2.45, 2.75) is 0 Å². The van der Waals surface area contributed by atoms with E-state index in [2.05, 4.69) is 31.3 Å². The number of halogens is 1. The smallest absolute Gasteiger partial charge is 0.291 e. The van der Waals surface area contributed by atoms with Gasteiger partial charge in [-0.15, -0.1) is 0 Å². The van der Waals surface area contributed by atoms with Gasteiger partial charge in [0.25, 0.3) is 11.5 Å². The molecule has 1 N–H and O–H groups in total. The van der Waals surface area contributed by atoms with Crippen molar-refractivity contribution in [3.05, 3.63) is 79.8 Å². The van der Waals surface area contributed by atoms with Crippen LogP contribution in [-0.4, -0.2) is 27.1 Å². The second-order valence-electron chi connectivity index (χ2n) is 5.79. The zero-order valence-electron chi connectivity index (χ0n) is 14.3. The summed E-state index contributed by atoms with van der Waals surface area (Å²) in [5.41, 5.74) is 1.34. The number of nitrogens with one attached hydrogen (secondary N) is 1. The summed E-state index contributed by atoms with van der Waals surface area (Å²) in [5.74, 6) is 0.311. The van der Waals surface area contributed by atoms with E-state index in [0.717, 1.165) is 10.0 Å². The van der Waals surface area contributed by atoms with Gasteiger partial charge in [0.15, 0.2) is 6.61 Å². The van der Waals surface area contributed by atoms with Gasteiger partial charge in [0.1, 0.15) is 12.1 Å². The Morgan fingerprint density at radius 2 is 2.07 bits per heavy atom. The lowest BCUT2D eigenvalue weighted by Gasteiger charge is -2.08. The first kappa shape index (κ1) is 18.3. The van der Waals surface area contributed by atoms with Gasteiger partial charge in [0, 0.05) is 10.2 Å². The van der Waals surface area contributed by atoms with E-state index >= 15 is 0 Å². The number of nitrogens with zero attached hydrogens (tertiary/aromatic N) is 3. The molecule has 4 aromatic rings. The number of thiazole rings is 1. The summed E-state index contributed by atoms with van der Waals surface area (Å²) in [5, 5.41) is 6.66. The Balaban J connectivity index is 1.40. The second-order valence-corrected chi connectivity index (χ2v) is 7.71. The molecule has 140 valence electrons. The number of carbonyl (C=O) groups excluding carboxylic acids is 1. The number of fused-ring (bicyclic) bond motifs is 1. The van der Waals surface area contributed by atoms with Gasteiger partial charge in [0.05, 0.1) is 4.53 Å². The summed E-state index contributed by atoms with van der Waals surface area (Å²) in [6, 6.07) is 14.5. The van der Waals surface area contributed by atoms with Crippen molar-refractivity contribution >= 4 is 49.9 Å².